The van der Waals surface area contributed by atoms with E-state index in [2.05, 4.69) is 81.1 Å². The van der Waals surface area contributed by atoms with E-state index in [4.69, 9.17) is 0 Å². The van der Waals surface area contributed by atoms with Crippen molar-refractivity contribution in [2.24, 2.45) is 7.05 Å². The minimum atomic E-state index is 0.697. The first kappa shape index (κ1) is 16.5. The summed E-state index contributed by atoms with van der Waals surface area (Å²) in [5.41, 5.74) is 3.24. The molecule has 1 aromatic carbocycles. The van der Waals surface area contributed by atoms with Crippen molar-refractivity contribution in [2.45, 2.75) is 19.9 Å². The van der Waals surface area contributed by atoms with Gasteiger partial charge in [-0.05, 0) is 66.3 Å². The Balaban J connectivity index is 2.24. The molecule has 0 radical (unpaired) electrons. The van der Waals surface area contributed by atoms with Gasteiger partial charge in [0.05, 0.1) is 28.1 Å². The monoisotopic (exact) mass is 527 g/mol. The van der Waals surface area contributed by atoms with Crippen molar-refractivity contribution in [1.29, 1.82) is 0 Å². The van der Waals surface area contributed by atoms with Gasteiger partial charge in [-0.1, -0.05) is 22.9 Å². The summed E-state index contributed by atoms with van der Waals surface area (Å²) in [7, 11) is 1.96. The maximum atomic E-state index is 4.50. The van der Waals surface area contributed by atoms with Crippen LogP contribution in [0.3, 0.4) is 0 Å². The van der Waals surface area contributed by atoms with E-state index in [0.29, 0.717) is 6.54 Å². The van der Waals surface area contributed by atoms with Crippen molar-refractivity contribution in [3.05, 3.63) is 41.4 Å². The molecule has 0 saturated carbocycles. The summed E-state index contributed by atoms with van der Waals surface area (Å²) >= 11 is 14.2. The second-order valence-corrected chi connectivity index (χ2v) is 7.70. The van der Waals surface area contributed by atoms with Gasteiger partial charge in [-0.15, -0.1) is 0 Å². The fourth-order valence-electron chi connectivity index (χ4n) is 1.90. The Kier molecular flexibility index (Phi) is 5.73. The van der Waals surface area contributed by atoms with Crippen LogP contribution in [0.15, 0.2) is 30.0 Å². The Bertz CT molecular complexity index is 614. The number of hydrogen-bond acceptors (Lipinski definition) is 2. The fraction of sp³-hybridized carbons (Fsp3) is 0.308. The third-order valence-corrected chi connectivity index (χ3v) is 5.57. The fourth-order valence-corrected chi connectivity index (χ4v) is 5.19. The molecule has 0 aliphatic heterocycles. The average Bonchev–Trinajstić information content (AvgIpc) is 2.64. The van der Waals surface area contributed by atoms with Crippen LogP contribution in [0, 0.1) is 0 Å². The summed E-state index contributed by atoms with van der Waals surface area (Å²) in [6, 6.07) is 4.03. The van der Waals surface area contributed by atoms with Gasteiger partial charge in [-0.25, -0.2) is 0 Å². The molecule has 0 spiro atoms. The highest BCUT2D eigenvalue weighted by Gasteiger charge is 2.13. The van der Waals surface area contributed by atoms with Crippen molar-refractivity contribution in [3.8, 4) is 0 Å². The van der Waals surface area contributed by atoms with Crippen molar-refractivity contribution >= 4 is 69.4 Å². The van der Waals surface area contributed by atoms with Crippen LogP contribution in [0.25, 0.3) is 0 Å². The molecule has 108 valence electrons. The molecule has 2 aromatic rings. The highest BCUT2D eigenvalue weighted by atomic mass is 79.9. The summed E-state index contributed by atoms with van der Waals surface area (Å²) in [4.78, 5) is 0. The molecular weight excluding hydrogens is 518 g/mol. The van der Waals surface area contributed by atoms with Crippen LogP contribution in [0.2, 0.25) is 0 Å². The lowest BCUT2D eigenvalue weighted by molar-refractivity contribution is 0.706. The molecule has 1 N–H and O–H groups in total. The Morgan fingerprint density at radius 2 is 1.75 bits per heavy atom. The molecule has 0 atom stereocenters. The largest absolute Gasteiger partial charge is 0.378 e. The van der Waals surface area contributed by atoms with Gasteiger partial charge in [0.25, 0.3) is 0 Å². The van der Waals surface area contributed by atoms with E-state index in [0.717, 1.165) is 41.4 Å². The second-order valence-electron chi connectivity index (χ2n) is 4.28. The Labute approximate surface area is 152 Å². The summed E-state index contributed by atoms with van der Waals surface area (Å²) in [6.45, 7) is 2.80. The lowest BCUT2D eigenvalue weighted by Crippen LogP contribution is -2.06. The molecule has 1 heterocycles. The highest BCUT2D eigenvalue weighted by molar-refractivity contribution is 9.11. The van der Waals surface area contributed by atoms with E-state index >= 15 is 0 Å². The molecular formula is C13H13Br4N3. The van der Waals surface area contributed by atoms with Gasteiger partial charge in [0.15, 0.2) is 0 Å². The Hall–Kier alpha value is 0.150. The maximum absolute atomic E-state index is 4.50. The van der Waals surface area contributed by atoms with Gasteiger partial charge < -0.3 is 5.32 Å². The molecule has 1 aromatic heterocycles. The minimum Gasteiger partial charge on any atom is -0.378 e. The van der Waals surface area contributed by atoms with Crippen LogP contribution in [0.5, 0.6) is 0 Å². The normalized spacial score (nSPS) is 10.9. The first-order valence-electron chi connectivity index (χ1n) is 6.02. The second kappa shape index (κ2) is 6.94. The number of nitrogens with zero attached hydrogens (tertiary/aromatic N) is 2. The number of rotatable bonds is 4. The minimum absolute atomic E-state index is 0.697. The van der Waals surface area contributed by atoms with Gasteiger partial charge in [-0.2, -0.15) is 5.10 Å². The summed E-state index contributed by atoms with van der Waals surface area (Å²) in [5.74, 6) is 0. The average molecular weight is 531 g/mol. The molecule has 2 rings (SSSR count). The van der Waals surface area contributed by atoms with E-state index in [1.807, 2.05) is 23.9 Å². The lowest BCUT2D eigenvalue weighted by Gasteiger charge is -2.12. The zero-order valence-electron chi connectivity index (χ0n) is 11.0. The molecule has 0 unspecified atom stereocenters. The zero-order chi connectivity index (χ0) is 14.9. The standard InChI is InChI=1S/C13H13Br4N3/c1-3-10-12(17)11(20(2)19-10)6-18-13-8(15)4-7(14)5-9(13)16/h4-5,18H,3,6H2,1-2H3. The first-order chi connectivity index (χ1) is 9.43. The van der Waals surface area contributed by atoms with Crippen LogP contribution < -0.4 is 5.32 Å². The number of hydrogen-bond donors (Lipinski definition) is 1. The molecule has 0 aliphatic carbocycles. The summed E-state index contributed by atoms with van der Waals surface area (Å²) in [6.07, 6.45) is 0.917. The maximum Gasteiger partial charge on any atom is 0.0767 e. The van der Waals surface area contributed by atoms with Crippen molar-refractivity contribution in [1.82, 2.24) is 9.78 Å². The molecule has 7 heteroatoms. The number of anilines is 1. The van der Waals surface area contributed by atoms with Crippen LogP contribution in [0.1, 0.15) is 18.3 Å². The molecule has 0 aliphatic rings. The molecule has 0 amide bonds. The van der Waals surface area contributed by atoms with E-state index in [1.165, 1.54) is 0 Å². The topological polar surface area (TPSA) is 29.9 Å². The molecule has 0 bridgehead atoms. The third-order valence-electron chi connectivity index (χ3n) is 2.94. The van der Waals surface area contributed by atoms with Gasteiger partial charge in [0.1, 0.15) is 0 Å². The van der Waals surface area contributed by atoms with Crippen molar-refractivity contribution in [3.63, 3.8) is 0 Å². The molecule has 0 fully saturated rings. The van der Waals surface area contributed by atoms with Crippen LogP contribution >= 0.6 is 63.7 Å². The predicted octanol–water partition coefficient (Wildman–Crippen LogP) is 5.64. The summed E-state index contributed by atoms with van der Waals surface area (Å²) in [5, 5.41) is 7.94. The van der Waals surface area contributed by atoms with Gasteiger partial charge in [0.2, 0.25) is 0 Å². The van der Waals surface area contributed by atoms with Gasteiger partial charge >= 0.3 is 0 Å². The van der Waals surface area contributed by atoms with Crippen LogP contribution in [0.4, 0.5) is 5.69 Å². The number of benzene rings is 1. The Morgan fingerprint density at radius 1 is 1.15 bits per heavy atom. The Morgan fingerprint density at radius 3 is 2.25 bits per heavy atom. The van der Waals surface area contributed by atoms with Crippen LogP contribution in [-0.4, -0.2) is 9.78 Å². The van der Waals surface area contributed by atoms with Gasteiger partial charge in [-0.3, -0.25) is 4.68 Å². The lowest BCUT2D eigenvalue weighted by atomic mass is 10.3. The quantitative estimate of drug-likeness (QED) is 0.554. The SMILES string of the molecule is CCc1nn(C)c(CNc2c(Br)cc(Br)cc2Br)c1Br. The van der Waals surface area contributed by atoms with Crippen LogP contribution in [-0.2, 0) is 20.0 Å². The smallest absolute Gasteiger partial charge is 0.0767 e. The molecule has 0 saturated heterocycles. The first-order valence-corrected chi connectivity index (χ1v) is 9.19. The predicted molar refractivity (Wildman–Crippen MR) is 97.2 cm³/mol. The van der Waals surface area contributed by atoms with Gasteiger partial charge in [0, 0.05) is 20.5 Å². The van der Waals surface area contributed by atoms with E-state index < -0.39 is 0 Å². The molecule has 3 nitrogen and oxygen atoms in total. The molecule has 20 heavy (non-hydrogen) atoms. The number of halogens is 4. The van der Waals surface area contributed by atoms with E-state index in [-0.39, 0.29) is 0 Å². The van der Waals surface area contributed by atoms with Crippen molar-refractivity contribution in [2.75, 3.05) is 5.32 Å². The van der Waals surface area contributed by atoms with E-state index in [1.54, 1.807) is 0 Å². The highest BCUT2D eigenvalue weighted by Crippen LogP contribution is 2.35. The number of aryl methyl sites for hydroxylation is 2. The van der Waals surface area contributed by atoms with E-state index in [9.17, 15) is 0 Å². The third kappa shape index (κ3) is 3.48. The number of aromatic nitrogens is 2. The summed E-state index contributed by atoms with van der Waals surface area (Å²) < 4.78 is 6.04. The number of nitrogens with one attached hydrogen (secondary N) is 1. The zero-order valence-corrected chi connectivity index (χ0v) is 17.3. The van der Waals surface area contributed by atoms with Crippen molar-refractivity contribution < 1.29 is 0 Å².